The van der Waals surface area contributed by atoms with Gasteiger partial charge < -0.3 is 14.2 Å². The number of nitrogens with zero attached hydrogens (tertiary/aromatic N) is 4. The number of carbonyl (C=O) groups is 1. The van der Waals surface area contributed by atoms with E-state index in [4.69, 9.17) is 4.74 Å². The molecular formula is C25H27F3N4O2. The third-order valence-corrected chi connectivity index (χ3v) is 7.26. The number of halogens is 3. The second-order valence-electron chi connectivity index (χ2n) is 9.55. The average molecular weight is 473 g/mol. The summed E-state index contributed by atoms with van der Waals surface area (Å²) in [6.45, 7) is 0.933. The Hall–Kier alpha value is -3.02. The summed E-state index contributed by atoms with van der Waals surface area (Å²) in [5, 5.41) is 0. The molecule has 6 nitrogen and oxygen atoms in total. The monoisotopic (exact) mass is 472 g/mol. The van der Waals surface area contributed by atoms with Crippen molar-refractivity contribution < 1.29 is 22.7 Å². The fourth-order valence-electron chi connectivity index (χ4n) is 5.65. The third-order valence-electron chi connectivity index (χ3n) is 7.26. The maximum absolute atomic E-state index is 13.8. The van der Waals surface area contributed by atoms with E-state index in [0.717, 1.165) is 18.4 Å². The van der Waals surface area contributed by atoms with Gasteiger partial charge in [0.05, 0.1) is 31.0 Å². The van der Waals surface area contributed by atoms with E-state index in [-0.39, 0.29) is 30.9 Å². The van der Waals surface area contributed by atoms with E-state index in [0.29, 0.717) is 43.7 Å². The molecule has 0 aromatic carbocycles. The summed E-state index contributed by atoms with van der Waals surface area (Å²) in [4.78, 5) is 24.0. The summed E-state index contributed by atoms with van der Waals surface area (Å²) < 4.78 is 46.4. The summed E-state index contributed by atoms with van der Waals surface area (Å²) in [5.74, 6) is 6.89. The predicted octanol–water partition coefficient (Wildman–Crippen LogP) is 4.66. The molecule has 34 heavy (non-hydrogen) atoms. The normalized spacial score (nSPS) is 22.6. The minimum Gasteiger partial charge on any atom is -0.487 e. The van der Waals surface area contributed by atoms with Crippen molar-refractivity contribution in [2.24, 2.45) is 5.41 Å². The number of aromatic nitrogens is 3. The number of fused-ring (bicyclic) bond motifs is 4. The molecule has 0 radical (unpaired) electrons. The highest BCUT2D eigenvalue weighted by atomic mass is 19.4. The van der Waals surface area contributed by atoms with Crippen molar-refractivity contribution in [3.63, 3.8) is 0 Å². The fourth-order valence-corrected chi connectivity index (χ4v) is 5.65. The highest BCUT2D eigenvalue weighted by Gasteiger charge is 2.50. The van der Waals surface area contributed by atoms with Crippen molar-refractivity contribution in [2.45, 2.75) is 76.2 Å². The Morgan fingerprint density at radius 1 is 1.24 bits per heavy atom. The summed E-state index contributed by atoms with van der Waals surface area (Å²) in [6.07, 6.45) is 7.46. The molecule has 5 rings (SSSR count). The van der Waals surface area contributed by atoms with Crippen LogP contribution >= 0.6 is 0 Å². The maximum atomic E-state index is 13.8. The van der Waals surface area contributed by atoms with Gasteiger partial charge in [-0.1, -0.05) is 24.7 Å². The topological polar surface area (TPSA) is 60.2 Å². The van der Waals surface area contributed by atoms with Gasteiger partial charge >= 0.3 is 6.18 Å². The SMILES string of the molecule is O=C(N1C[C@@H]2C[C@H]1c1cncc(C#CCn3ccnc3)c1O2)C1(CCCC(F)(F)F)CCCC1. The Kier molecular flexibility index (Phi) is 6.00. The molecule has 4 heterocycles. The molecule has 2 aliphatic heterocycles. The molecule has 180 valence electrons. The zero-order chi connectivity index (χ0) is 23.8. The van der Waals surface area contributed by atoms with E-state index >= 15 is 0 Å². The minimum absolute atomic E-state index is 0.0114. The molecule has 9 heteroatoms. The number of ether oxygens (including phenoxy) is 1. The van der Waals surface area contributed by atoms with Gasteiger partial charge in [0.2, 0.25) is 5.91 Å². The molecule has 0 spiro atoms. The molecule has 0 unspecified atom stereocenters. The van der Waals surface area contributed by atoms with Crippen LogP contribution in [0.5, 0.6) is 5.75 Å². The zero-order valence-corrected chi connectivity index (χ0v) is 18.9. The quantitative estimate of drug-likeness (QED) is 0.594. The Bertz CT molecular complexity index is 1100. The van der Waals surface area contributed by atoms with Crippen LogP contribution in [-0.4, -0.2) is 44.2 Å². The van der Waals surface area contributed by atoms with Gasteiger partial charge in [-0.05, 0) is 25.7 Å². The van der Waals surface area contributed by atoms with Gasteiger partial charge in [0.1, 0.15) is 11.9 Å². The number of rotatable bonds is 5. The molecule has 0 N–H and O–H groups in total. The minimum atomic E-state index is -4.19. The number of carbonyl (C=O) groups excluding carboxylic acids is 1. The molecular weight excluding hydrogens is 445 g/mol. The number of likely N-dealkylation sites (tertiary alicyclic amines) is 1. The van der Waals surface area contributed by atoms with Crippen molar-refractivity contribution in [1.82, 2.24) is 19.4 Å². The van der Waals surface area contributed by atoms with E-state index in [2.05, 4.69) is 21.8 Å². The fraction of sp³-hybridized carbons (Fsp3) is 0.560. The van der Waals surface area contributed by atoms with E-state index in [1.54, 1.807) is 24.9 Å². The van der Waals surface area contributed by atoms with E-state index in [9.17, 15) is 18.0 Å². The van der Waals surface area contributed by atoms with Crippen molar-refractivity contribution >= 4 is 5.91 Å². The van der Waals surface area contributed by atoms with E-state index in [1.807, 2.05) is 15.7 Å². The van der Waals surface area contributed by atoms with Crippen LogP contribution in [0, 0.1) is 17.3 Å². The van der Waals surface area contributed by atoms with E-state index < -0.39 is 18.0 Å². The smallest absolute Gasteiger partial charge is 0.389 e. The van der Waals surface area contributed by atoms with Crippen LogP contribution in [0.25, 0.3) is 0 Å². The first-order chi connectivity index (χ1) is 16.3. The lowest BCUT2D eigenvalue weighted by molar-refractivity contribution is -0.147. The maximum Gasteiger partial charge on any atom is 0.389 e. The third kappa shape index (κ3) is 4.50. The molecule has 2 aromatic rings. The molecule has 2 atom stereocenters. The molecule has 3 aliphatic rings. The number of imidazole rings is 1. The van der Waals surface area contributed by atoms with Crippen LogP contribution in [0.3, 0.4) is 0 Å². The summed E-state index contributed by atoms with van der Waals surface area (Å²) in [7, 11) is 0. The average Bonchev–Trinajstić information content (AvgIpc) is 3.54. The van der Waals surface area contributed by atoms with Crippen LogP contribution in [0.4, 0.5) is 13.2 Å². The van der Waals surface area contributed by atoms with Crippen molar-refractivity contribution in [3.8, 4) is 17.6 Å². The van der Waals surface area contributed by atoms with Crippen molar-refractivity contribution in [3.05, 3.63) is 42.2 Å². The van der Waals surface area contributed by atoms with Gasteiger partial charge in [0.25, 0.3) is 0 Å². The summed E-state index contributed by atoms with van der Waals surface area (Å²) >= 11 is 0. The lowest BCUT2D eigenvalue weighted by Crippen LogP contribution is -2.42. The standard InChI is InChI=1S/C25H27F3N4O2/c26-25(27,28)9-4-8-24(6-1-2-7-24)23(33)32-16-19-13-21(32)20-15-30-14-18(22(20)34-19)5-3-11-31-12-10-29-17-31/h10,12,14-15,17,19,21H,1-2,4,6-9,11,13,16H2/t19-,21-/m0/s1. The van der Waals surface area contributed by atoms with Crippen LogP contribution < -0.4 is 4.74 Å². The molecule has 2 bridgehead atoms. The first-order valence-electron chi connectivity index (χ1n) is 11.8. The molecule has 2 aromatic heterocycles. The van der Waals surface area contributed by atoms with Crippen LogP contribution in [0.1, 0.15) is 68.5 Å². The van der Waals surface area contributed by atoms with Gasteiger partial charge in [-0.2, -0.15) is 13.2 Å². The van der Waals surface area contributed by atoms with Gasteiger partial charge in [-0.15, -0.1) is 0 Å². The lowest BCUT2D eigenvalue weighted by Gasteiger charge is -2.35. The second-order valence-corrected chi connectivity index (χ2v) is 9.55. The molecule has 1 saturated carbocycles. The van der Waals surface area contributed by atoms with Crippen molar-refractivity contribution in [1.29, 1.82) is 0 Å². The van der Waals surface area contributed by atoms with Gasteiger partial charge in [0, 0.05) is 48.6 Å². The summed E-state index contributed by atoms with van der Waals surface area (Å²) in [6, 6.07) is -0.177. The van der Waals surface area contributed by atoms with E-state index in [1.165, 1.54) is 0 Å². The Balaban J connectivity index is 1.36. The van der Waals surface area contributed by atoms with Crippen molar-refractivity contribution in [2.75, 3.05) is 6.54 Å². The Morgan fingerprint density at radius 2 is 2.06 bits per heavy atom. The second kappa shape index (κ2) is 8.97. The largest absolute Gasteiger partial charge is 0.487 e. The van der Waals surface area contributed by atoms with Crippen LogP contribution in [0.15, 0.2) is 31.1 Å². The molecule has 1 aliphatic carbocycles. The Morgan fingerprint density at radius 3 is 2.79 bits per heavy atom. The van der Waals surface area contributed by atoms with Gasteiger partial charge in [-0.3, -0.25) is 9.78 Å². The first kappa shape index (κ1) is 22.8. The number of hydrogen-bond acceptors (Lipinski definition) is 4. The Labute approximate surface area is 196 Å². The number of amides is 1. The highest BCUT2D eigenvalue weighted by Crippen LogP contribution is 2.50. The number of alkyl halides is 3. The molecule has 1 amide bonds. The first-order valence-corrected chi connectivity index (χ1v) is 11.8. The molecule has 1 saturated heterocycles. The molecule has 2 fully saturated rings. The number of pyridine rings is 1. The lowest BCUT2D eigenvalue weighted by atomic mass is 9.79. The van der Waals surface area contributed by atoms with Crippen LogP contribution in [0.2, 0.25) is 0 Å². The predicted molar refractivity (Wildman–Crippen MR) is 118 cm³/mol. The van der Waals surface area contributed by atoms with Crippen LogP contribution in [-0.2, 0) is 11.3 Å². The number of hydrogen-bond donors (Lipinski definition) is 0. The van der Waals surface area contributed by atoms with Gasteiger partial charge in [0.15, 0.2) is 0 Å². The summed E-state index contributed by atoms with van der Waals surface area (Å²) in [5.41, 5.74) is 0.820. The zero-order valence-electron chi connectivity index (χ0n) is 18.9. The highest BCUT2D eigenvalue weighted by molar-refractivity contribution is 5.84. The van der Waals surface area contributed by atoms with Gasteiger partial charge in [-0.25, -0.2) is 4.98 Å².